The van der Waals surface area contributed by atoms with E-state index < -0.39 is 11.9 Å². The van der Waals surface area contributed by atoms with Crippen LogP contribution < -0.4 is 5.32 Å². The summed E-state index contributed by atoms with van der Waals surface area (Å²) in [6.45, 7) is 0. The number of nitriles is 1. The van der Waals surface area contributed by atoms with Crippen LogP contribution in [0.2, 0.25) is 0 Å². The molecule has 1 amide bonds. The predicted molar refractivity (Wildman–Crippen MR) is 107 cm³/mol. The maximum atomic E-state index is 12.4. The summed E-state index contributed by atoms with van der Waals surface area (Å²) in [6.07, 6.45) is 1.35. The number of amides is 1. The number of anilines is 1. The number of rotatable bonds is 5. The fraction of sp³-hybridized carbons (Fsp3) is 0. The second kappa shape index (κ2) is 8.37. The van der Waals surface area contributed by atoms with Gasteiger partial charge in [-0.3, -0.25) is 4.79 Å². The van der Waals surface area contributed by atoms with E-state index >= 15 is 0 Å². The number of furan rings is 1. The molecule has 1 heterocycles. The van der Waals surface area contributed by atoms with E-state index in [1.165, 1.54) is 18.2 Å². The third-order valence-corrected chi connectivity index (χ3v) is 4.51. The van der Waals surface area contributed by atoms with Crippen LogP contribution in [0.4, 0.5) is 5.69 Å². The van der Waals surface area contributed by atoms with Crippen molar-refractivity contribution in [3.05, 3.63) is 82.0 Å². The SMILES string of the molecule is N#CC(=Cc1ccc(-c2ccc(C(=O)O)cc2)o1)C(=O)Nc1ccccc1Br. The van der Waals surface area contributed by atoms with Crippen molar-refractivity contribution in [3.8, 4) is 17.4 Å². The fourth-order valence-corrected chi connectivity index (χ4v) is 2.79. The highest BCUT2D eigenvalue weighted by molar-refractivity contribution is 9.10. The molecule has 2 aromatic carbocycles. The minimum absolute atomic E-state index is 0.113. The standard InChI is InChI=1S/C21H13BrN2O4/c22-17-3-1-2-4-18(17)24-20(25)15(12-23)11-16-9-10-19(28-16)13-5-7-14(8-6-13)21(26)27/h1-11H,(H,24,25)(H,26,27). The molecule has 2 N–H and O–H groups in total. The molecule has 6 nitrogen and oxygen atoms in total. The average Bonchev–Trinajstić information content (AvgIpc) is 3.16. The second-order valence-corrected chi connectivity index (χ2v) is 6.54. The number of carbonyl (C=O) groups is 2. The van der Waals surface area contributed by atoms with Gasteiger partial charge in [-0.2, -0.15) is 5.26 Å². The highest BCUT2D eigenvalue weighted by Gasteiger charge is 2.13. The van der Waals surface area contributed by atoms with Crippen molar-refractivity contribution in [2.75, 3.05) is 5.32 Å². The largest absolute Gasteiger partial charge is 0.478 e. The lowest BCUT2D eigenvalue weighted by Gasteiger charge is -2.05. The van der Waals surface area contributed by atoms with Crippen LogP contribution in [0, 0.1) is 11.3 Å². The Balaban J connectivity index is 1.80. The highest BCUT2D eigenvalue weighted by atomic mass is 79.9. The molecule has 0 radical (unpaired) electrons. The average molecular weight is 437 g/mol. The number of carbonyl (C=O) groups excluding carboxylic acids is 1. The molecule has 0 spiro atoms. The van der Waals surface area contributed by atoms with Crippen molar-refractivity contribution < 1.29 is 19.1 Å². The summed E-state index contributed by atoms with van der Waals surface area (Å²) < 4.78 is 6.36. The van der Waals surface area contributed by atoms with Gasteiger partial charge in [0.05, 0.1) is 11.3 Å². The van der Waals surface area contributed by atoms with Crippen LogP contribution in [-0.4, -0.2) is 17.0 Å². The summed E-state index contributed by atoms with van der Waals surface area (Å²) in [6, 6.07) is 18.4. The molecule has 138 valence electrons. The van der Waals surface area contributed by atoms with E-state index in [9.17, 15) is 14.9 Å². The third-order valence-electron chi connectivity index (χ3n) is 3.82. The van der Waals surface area contributed by atoms with E-state index in [1.54, 1.807) is 42.5 Å². The van der Waals surface area contributed by atoms with Crippen molar-refractivity contribution >= 4 is 39.6 Å². The van der Waals surface area contributed by atoms with Crippen LogP contribution in [-0.2, 0) is 4.79 Å². The van der Waals surface area contributed by atoms with Crippen molar-refractivity contribution in [1.82, 2.24) is 0 Å². The third kappa shape index (κ3) is 4.37. The zero-order chi connectivity index (χ0) is 20.1. The number of hydrogen-bond donors (Lipinski definition) is 2. The second-order valence-electron chi connectivity index (χ2n) is 5.69. The fourth-order valence-electron chi connectivity index (χ4n) is 2.41. The summed E-state index contributed by atoms with van der Waals surface area (Å²) in [4.78, 5) is 23.3. The maximum Gasteiger partial charge on any atom is 0.335 e. The monoisotopic (exact) mass is 436 g/mol. The summed E-state index contributed by atoms with van der Waals surface area (Å²) in [5, 5.41) is 20.9. The lowest BCUT2D eigenvalue weighted by atomic mass is 10.1. The van der Waals surface area contributed by atoms with Gasteiger partial charge in [0.15, 0.2) is 0 Å². The van der Waals surface area contributed by atoms with Crippen LogP contribution >= 0.6 is 15.9 Å². The van der Waals surface area contributed by atoms with Crippen molar-refractivity contribution in [1.29, 1.82) is 5.26 Å². The molecule has 0 saturated carbocycles. The van der Waals surface area contributed by atoms with Gasteiger partial charge in [0, 0.05) is 16.1 Å². The van der Waals surface area contributed by atoms with E-state index in [4.69, 9.17) is 9.52 Å². The predicted octanol–water partition coefficient (Wildman–Crippen LogP) is 4.95. The van der Waals surface area contributed by atoms with Gasteiger partial charge in [0.1, 0.15) is 23.2 Å². The van der Waals surface area contributed by atoms with Crippen LogP contribution in [0.3, 0.4) is 0 Å². The Morgan fingerprint density at radius 1 is 1.07 bits per heavy atom. The molecular formula is C21H13BrN2O4. The van der Waals surface area contributed by atoms with Gasteiger partial charge in [0.2, 0.25) is 0 Å². The molecule has 0 saturated heterocycles. The molecular weight excluding hydrogens is 424 g/mol. The molecule has 7 heteroatoms. The van der Waals surface area contributed by atoms with Crippen LogP contribution in [0.25, 0.3) is 17.4 Å². The Bertz CT molecular complexity index is 1110. The Kier molecular flexibility index (Phi) is 5.72. The quantitative estimate of drug-likeness (QED) is 0.434. The first-order chi connectivity index (χ1) is 13.5. The van der Waals surface area contributed by atoms with Crippen molar-refractivity contribution in [2.45, 2.75) is 0 Å². The van der Waals surface area contributed by atoms with Gasteiger partial charge in [-0.15, -0.1) is 0 Å². The smallest absolute Gasteiger partial charge is 0.335 e. The van der Waals surface area contributed by atoms with Crippen LogP contribution in [0.1, 0.15) is 16.1 Å². The Morgan fingerprint density at radius 2 is 1.79 bits per heavy atom. The number of carboxylic acids is 1. The van der Waals surface area contributed by atoms with E-state index in [2.05, 4.69) is 21.2 Å². The van der Waals surface area contributed by atoms with Gasteiger partial charge in [-0.1, -0.05) is 24.3 Å². The molecule has 0 atom stereocenters. The number of aromatic carboxylic acids is 1. The number of nitrogens with one attached hydrogen (secondary N) is 1. The number of hydrogen-bond acceptors (Lipinski definition) is 4. The van der Waals surface area contributed by atoms with Gasteiger partial charge in [-0.25, -0.2) is 4.79 Å². The van der Waals surface area contributed by atoms with E-state index in [-0.39, 0.29) is 11.1 Å². The van der Waals surface area contributed by atoms with Gasteiger partial charge in [-0.05, 0) is 52.3 Å². The Morgan fingerprint density at radius 3 is 2.43 bits per heavy atom. The first-order valence-electron chi connectivity index (χ1n) is 8.09. The van der Waals surface area contributed by atoms with E-state index in [1.807, 2.05) is 12.1 Å². The number of benzene rings is 2. The summed E-state index contributed by atoms with van der Waals surface area (Å²) >= 11 is 3.33. The molecule has 0 aliphatic carbocycles. The van der Waals surface area contributed by atoms with Crippen molar-refractivity contribution in [3.63, 3.8) is 0 Å². The summed E-state index contributed by atoms with van der Waals surface area (Å²) in [5.74, 6) is -0.745. The number of carboxylic acid groups (broad SMARTS) is 1. The van der Waals surface area contributed by atoms with Crippen LogP contribution in [0.15, 0.2) is 75.1 Å². The Labute approximate surface area is 168 Å². The van der Waals surface area contributed by atoms with Gasteiger partial charge < -0.3 is 14.8 Å². The molecule has 3 aromatic rings. The number of nitrogens with zero attached hydrogens (tertiary/aromatic N) is 1. The zero-order valence-electron chi connectivity index (χ0n) is 14.3. The molecule has 1 aromatic heterocycles. The minimum Gasteiger partial charge on any atom is -0.478 e. The molecule has 0 fully saturated rings. The normalized spacial score (nSPS) is 10.9. The molecule has 28 heavy (non-hydrogen) atoms. The first-order valence-corrected chi connectivity index (χ1v) is 8.88. The lowest BCUT2D eigenvalue weighted by Crippen LogP contribution is -2.13. The minimum atomic E-state index is -1.01. The maximum absolute atomic E-state index is 12.4. The summed E-state index contributed by atoms with van der Waals surface area (Å²) in [5.41, 5.74) is 1.29. The summed E-state index contributed by atoms with van der Waals surface area (Å²) in [7, 11) is 0. The topological polar surface area (TPSA) is 103 Å². The first kappa shape index (κ1) is 19.1. The van der Waals surface area contributed by atoms with Crippen molar-refractivity contribution in [2.24, 2.45) is 0 Å². The molecule has 0 unspecified atom stereocenters. The number of halogens is 1. The highest BCUT2D eigenvalue weighted by Crippen LogP contribution is 2.25. The molecule has 3 rings (SSSR count). The molecule has 0 aliphatic heterocycles. The van der Waals surface area contributed by atoms with E-state index in [0.717, 1.165) is 0 Å². The lowest BCUT2D eigenvalue weighted by molar-refractivity contribution is -0.112. The van der Waals surface area contributed by atoms with Gasteiger partial charge in [0.25, 0.3) is 5.91 Å². The molecule has 0 bridgehead atoms. The zero-order valence-corrected chi connectivity index (χ0v) is 15.9. The Hall–Kier alpha value is -3.63. The van der Waals surface area contributed by atoms with Crippen LogP contribution in [0.5, 0.6) is 0 Å². The molecule has 0 aliphatic rings. The van der Waals surface area contributed by atoms with Gasteiger partial charge >= 0.3 is 5.97 Å². The number of para-hydroxylation sites is 1. The van der Waals surface area contributed by atoms with E-state index in [0.29, 0.717) is 27.2 Å².